The van der Waals surface area contributed by atoms with Crippen molar-refractivity contribution in [3.63, 3.8) is 0 Å². The first-order valence-corrected chi connectivity index (χ1v) is 9.46. The van der Waals surface area contributed by atoms with Crippen molar-refractivity contribution >= 4 is 59.4 Å². The Morgan fingerprint density at radius 3 is 2.00 bits per heavy atom. The number of rotatable bonds is 1. The summed E-state index contributed by atoms with van der Waals surface area (Å²) < 4.78 is 1.51. The first-order valence-electron chi connectivity index (χ1n) is 7.88. The minimum absolute atomic E-state index is 0.0000463. The molecule has 0 aliphatic heterocycles. The van der Waals surface area contributed by atoms with Crippen LogP contribution in [-0.2, 0) is 0 Å². The van der Waals surface area contributed by atoms with Crippen molar-refractivity contribution < 1.29 is 15.1 Å². The van der Waals surface area contributed by atoms with E-state index in [1.165, 1.54) is 6.07 Å². The third kappa shape index (κ3) is 4.30. The van der Waals surface area contributed by atoms with Crippen LogP contribution < -0.4 is 11.1 Å². The van der Waals surface area contributed by atoms with Crippen molar-refractivity contribution in [3.8, 4) is 11.5 Å². The minimum atomic E-state index is -0.919. The Kier molecular flexibility index (Phi) is 5.71. The zero-order chi connectivity index (χ0) is 21.3. The normalized spacial score (nSPS) is 10.6. The molecule has 2 heterocycles. The number of halogens is 2. The van der Waals surface area contributed by atoms with E-state index in [2.05, 4.69) is 41.8 Å². The monoisotopic (exact) mass is 523 g/mol. The van der Waals surface area contributed by atoms with Crippen molar-refractivity contribution in [2.75, 3.05) is 0 Å². The average Bonchev–Trinajstić information content (AvgIpc) is 2.63. The quantitative estimate of drug-likeness (QED) is 0.219. The van der Waals surface area contributed by atoms with Gasteiger partial charge in [0.05, 0.1) is 16.0 Å². The molecule has 4 N–H and O–H groups in total. The number of aromatic nitrogens is 2. The van der Waals surface area contributed by atoms with Crippen molar-refractivity contribution in [1.29, 1.82) is 0 Å². The van der Waals surface area contributed by atoms with Crippen LogP contribution in [-0.4, -0.2) is 25.1 Å². The maximum atomic E-state index is 11.3. The summed E-state index contributed by atoms with van der Waals surface area (Å²) in [6.07, 6.45) is 0. The number of aromatic hydroxyl groups is 2. The third-order valence-corrected chi connectivity index (χ3v) is 4.88. The Hall–Kier alpha value is -3.18. The number of benzene rings is 2. The van der Waals surface area contributed by atoms with E-state index >= 15 is 0 Å². The fourth-order valence-corrected chi connectivity index (χ4v) is 3.34. The average molecular weight is 525 g/mol. The lowest BCUT2D eigenvalue weighted by molar-refractivity contribution is -0.387. The number of hydrogen-bond donors (Lipinski definition) is 4. The van der Waals surface area contributed by atoms with Gasteiger partial charge in [0, 0.05) is 25.8 Å². The Morgan fingerprint density at radius 1 is 0.862 bits per heavy atom. The molecule has 0 saturated carbocycles. The molecule has 2 aromatic heterocycles. The highest BCUT2D eigenvalue weighted by atomic mass is 79.9. The van der Waals surface area contributed by atoms with Crippen LogP contribution in [0.4, 0.5) is 5.69 Å². The Bertz CT molecular complexity index is 1380. The number of nitrogens with zero attached hydrogens (tertiary/aromatic N) is 1. The predicted octanol–water partition coefficient (Wildman–Crippen LogP) is 3.90. The van der Waals surface area contributed by atoms with Crippen molar-refractivity contribution in [2.45, 2.75) is 0 Å². The van der Waals surface area contributed by atoms with Crippen molar-refractivity contribution in [1.82, 2.24) is 9.97 Å². The van der Waals surface area contributed by atoms with E-state index in [1.807, 2.05) is 0 Å². The summed E-state index contributed by atoms with van der Waals surface area (Å²) >= 11 is 6.46. The van der Waals surface area contributed by atoms with Crippen LogP contribution >= 0.6 is 31.9 Å². The number of fused-ring (bicyclic) bond motifs is 2. The van der Waals surface area contributed by atoms with E-state index in [9.17, 15) is 29.9 Å². The maximum Gasteiger partial charge on any atom is 0.375 e. The summed E-state index contributed by atoms with van der Waals surface area (Å²) in [4.78, 5) is 36.9. The Labute approximate surface area is 178 Å². The van der Waals surface area contributed by atoms with Crippen LogP contribution in [0.3, 0.4) is 0 Å². The SMILES string of the molecule is O=c1[nH]c2ccc(Br)cc2c(O)c1[N+](=O)[O-].O=c1cc(O)c2cc(Br)ccc2[nH]1. The second-order valence-electron chi connectivity index (χ2n) is 5.81. The van der Waals surface area contributed by atoms with Gasteiger partial charge in [-0.1, -0.05) is 31.9 Å². The van der Waals surface area contributed by atoms with Gasteiger partial charge in [-0.2, -0.15) is 0 Å². The van der Waals surface area contributed by atoms with Gasteiger partial charge >= 0.3 is 11.2 Å². The summed E-state index contributed by atoms with van der Waals surface area (Å²) in [6, 6.07) is 11.1. The van der Waals surface area contributed by atoms with Gasteiger partial charge in [0.15, 0.2) is 0 Å². The second kappa shape index (κ2) is 8.05. The van der Waals surface area contributed by atoms with E-state index < -0.39 is 21.9 Å². The predicted molar refractivity (Wildman–Crippen MR) is 115 cm³/mol. The summed E-state index contributed by atoms with van der Waals surface area (Å²) in [5, 5.41) is 30.5. The van der Waals surface area contributed by atoms with Crippen LogP contribution in [0, 0.1) is 10.1 Å². The number of hydrogen-bond acceptors (Lipinski definition) is 6. The maximum absolute atomic E-state index is 11.3. The molecular formula is C18H11Br2N3O6. The third-order valence-electron chi connectivity index (χ3n) is 3.89. The van der Waals surface area contributed by atoms with Crippen LogP contribution in [0.15, 0.2) is 61.0 Å². The smallest absolute Gasteiger partial charge is 0.375 e. The zero-order valence-corrected chi connectivity index (χ0v) is 17.4. The molecule has 29 heavy (non-hydrogen) atoms. The van der Waals surface area contributed by atoms with Gasteiger partial charge in [-0.25, -0.2) is 0 Å². The molecule has 11 heteroatoms. The molecule has 0 aliphatic rings. The van der Waals surface area contributed by atoms with Crippen molar-refractivity contribution in [3.05, 3.63) is 82.2 Å². The summed E-state index contributed by atoms with van der Waals surface area (Å²) in [5.74, 6) is -0.620. The standard InChI is InChI=1S/C9H5BrN2O4.C9H6BrNO2/c10-4-1-2-6-5(3-4)8(13)7(12(15)16)9(14)11-6;10-5-1-2-7-6(3-5)8(12)4-9(13)11-7/h1-3H,(H2,11,13,14);1-4H,(H2,11,12,13). The molecule has 0 radical (unpaired) electrons. The molecule has 0 aliphatic carbocycles. The topological polar surface area (TPSA) is 149 Å². The van der Waals surface area contributed by atoms with Gasteiger partial charge in [0.2, 0.25) is 5.75 Å². The first kappa shape index (κ1) is 20.6. The van der Waals surface area contributed by atoms with Crippen molar-refractivity contribution in [2.24, 2.45) is 0 Å². The highest BCUT2D eigenvalue weighted by Crippen LogP contribution is 2.31. The molecule has 0 amide bonds. The van der Waals surface area contributed by atoms with E-state index in [1.54, 1.807) is 30.3 Å². The molecule has 4 rings (SSSR count). The molecule has 2 aromatic carbocycles. The molecule has 0 saturated heterocycles. The number of aromatic amines is 2. The molecule has 0 unspecified atom stereocenters. The van der Waals surface area contributed by atoms with Gasteiger partial charge in [-0.3, -0.25) is 19.7 Å². The van der Waals surface area contributed by atoms with Gasteiger partial charge < -0.3 is 20.2 Å². The Morgan fingerprint density at radius 2 is 1.41 bits per heavy atom. The highest BCUT2D eigenvalue weighted by Gasteiger charge is 2.22. The highest BCUT2D eigenvalue weighted by molar-refractivity contribution is 9.10. The molecule has 9 nitrogen and oxygen atoms in total. The lowest BCUT2D eigenvalue weighted by Gasteiger charge is -2.01. The summed E-state index contributed by atoms with van der Waals surface area (Å²) in [5.41, 5.74) is -1.08. The van der Waals surface area contributed by atoms with E-state index in [0.29, 0.717) is 20.9 Å². The van der Waals surface area contributed by atoms with Gasteiger partial charge in [-0.15, -0.1) is 0 Å². The van der Waals surface area contributed by atoms with E-state index in [-0.39, 0.29) is 16.7 Å². The van der Waals surface area contributed by atoms with Crippen LogP contribution in [0.25, 0.3) is 21.8 Å². The molecule has 0 fully saturated rings. The second-order valence-corrected chi connectivity index (χ2v) is 7.64. The molecular weight excluding hydrogens is 514 g/mol. The lowest BCUT2D eigenvalue weighted by Crippen LogP contribution is -2.11. The van der Waals surface area contributed by atoms with E-state index in [4.69, 9.17) is 0 Å². The zero-order valence-electron chi connectivity index (χ0n) is 14.3. The minimum Gasteiger partial charge on any atom is -0.507 e. The van der Waals surface area contributed by atoms with Crippen LogP contribution in [0.5, 0.6) is 11.5 Å². The number of nitrogens with one attached hydrogen (secondary N) is 2. The molecule has 4 aromatic rings. The summed E-state index contributed by atoms with van der Waals surface area (Å²) in [7, 11) is 0. The van der Waals surface area contributed by atoms with Crippen LogP contribution in [0.1, 0.15) is 0 Å². The largest absolute Gasteiger partial charge is 0.507 e. The van der Waals surface area contributed by atoms with Crippen LogP contribution in [0.2, 0.25) is 0 Å². The lowest BCUT2D eigenvalue weighted by atomic mass is 10.2. The fraction of sp³-hybridized carbons (Fsp3) is 0. The number of nitro groups is 1. The number of H-pyrrole nitrogens is 2. The van der Waals surface area contributed by atoms with E-state index in [0.717, 1.165) is 10.5 Å². The summed E-state index contributed by atoms with van der Waals surface area (Å²) in [6.45, 7) is 0. The molecule has 148 valence electrons. The van der Waals surface area contributed by atoms with Gasteiger partial charge in [-0.05, 0) is 36.4 Å². The molecule has 0 atom stereocenters. The number of pyridine rings is 2. The molecule has 0 spiro atoms. The molecule has 0 bridgehead atoms. The Balaban J connectivity index is 0.000000169. The van der Waals surface area contributed by atoms with Gasteiger partial charge in [0.25, 0.3) is 5.56 Å². The first-order chi connectivity index (χ1) is 13.7. The van der Waals surface area contributed by atoms with Gasteiger partial charge in [0.1, 0.15) is 5.75 Å². The fourth-order valence-electron chi connectivity index (χ4n) is 2.62.